The highest BCUT2D eigenvalue weighted by atomic mass is 35.5. The molecule has 5 rings (SSSR count). The number of ketones is 1. The molecule has 3 atom stereocenters. The fourth-order valence-corrected chi connectivity index (χ4v) is 5.02. The van der Waals surface area contributed by atoms with Crippen LogP contribution in [0.3, 0.4) is 0 Å². The number of nitrogens with zero attached hydrogens (tertiary/aromatic N) is 1. The molecule has 2 aromatic carbocycles. The summed E-state index contributed by atoms with van der Waals surface area (Å²) in [5.74, 6) is 0.432. The van der Waals surface area contributed by atoms with Crippen LogP contribution in [0.15, 0.2) is 53.7 Å². The van der Waals surface area contributed by atoms with Crippen LogP contribution < -0.4 is 5.73 Å². The first-order valence-corrected chi connectivity index (χ1v) is 10.7. The summed E-state index contributed by atoms with van der Waals surface area (Å²) in [6, 6.07) is 13.3. The number of aromatic amines is 1. The van der Waals surface area contributed by atoms with Gasteiger partial charge in [-0.3, -0.25) is 4.79 Å². The van der Waals surface area contributed by atoms with Gasteiger partial charge in [-0.15, -0.1) is 0 Å². The number of nitrogens with two attached hydrogens (primary N) is 1. The molecule has 154 valence electrons. The van der Waals surface area contributed by atoms with Gasteiger partial charge in [0.05, 0.1) is 6.04 Å². The van der Waals surface area contributed by atoms with Crippen LogP contribution in [0, 0.1) is 6.92 Å². The Labute approximate surface area is 180 Å². The average Bonchev–Trinajstić information content (AvgIpc) is 3.10. The van der Waals surface area contributed by atoms with Gasteiger partial charge in [-0.2, -0.15) is 0 Å². The van der Waals surface area contributed by atoms with Gasteiger partial charge in [-0.05, 0) is 56.4 Å². The van der Waals surface area contributed by atoms with Crippen molar-refractivity contribution in [3.63, 3.8) is 0 Å². The summed E-state index contributed by atoms with van der Waals surface area (Å²) >= 11 is 6.49. The number of aromatic nitrogens is 1. The second-order valence-corrected chi connectivity index (χ2v) is 8.73. The normalized spacial score (nSPS) is 24.4. The van der Waals surface area contributed by atoms with E-state index in [-0.39, 0.29) is 5.78 Å². The number of hydrogen-bond acceptors (Lipinski definition) is 4. The fraction of sp³-hybridized carbons (Fsp3) is 0.333. The lowest BCUT2D eigenvalue weighted by molar-refractivity contribution is -0.137. The predicted octanol–water partition coefficient (Wildman–Crippen LogP) is 4.45. The van der Waals surface area contributed by atoms with E-state index in [1.807, 2.05) is 24.4 Å². The van der Waals surface area contributed by atoms with Crippen LogP contribution in [0.5, 0.6) is 0 Å². The first-order chi connectivity index (χ1) is 14.5. The maximum absolute atomic E-state index is 13.2. The quantitative estimate of drug-likeness (QED) is 0.653. The predicted molar refractivity (Wildman–Crippen MR) is 119 cm³/mol. The Bertz CT molecular complexity index is 1170. The summed E-state index contributed by atoms with van der Waals surface area (Å²) in [5, 5.41) is 1.70. The van der Waals surface area contributed by atoms with Gasteiger partial charge in [0.15, 0.2) is 11.6 Å². The second-order valence-electron chi connectivity index (χ2n) is 8.33. The Morgan fingerprint density at radius 1 is 1.33 bits per heavy atom. The van der Waals surface area contributed by atoms with Crippen LogP contribution >= 0.6 is 11.6 Å². The molecule has 3 N–H and O–H groups in total. The molecule has 1 saturated carbocycles. The van der Waals surface area contributed by atoms with Crippen LogP contribution in [0.2, 0.25) is 5.02 Å². The molecule has 1 fully saturated rings. The van der Waals surface area contributed by atoms with Crippen molar-refractivity contribution in [3.8, 4) is 0 Å². The third-order valence-electron chi connectivity index (χ3n) is 6.27. The number of hydrogen-bond donors (Lipinski definition) is 2. The van der Waals surface area contributed by atoms with E-state index in [2.05, 4.69) is 30.1 Å². The number of aryl methyl sites for hydroxylation is 1. The van der Waals surface area contributed by atoms with Crippen molar-refractivity contribution in [2.75, 3.05) is 0 Å². The summed E-state index contributed by atoms with van der Waals surface area (Å²) in [6.45, 7) is 2.07. The minimum Gasteiger partial charge on any atom is -0.468 e. The van der Waals surface area contributed by atoms with Gasteiger partial charge in [-0.25, -0.2) is 4.99 Å². The van der Waals surface area contributed by atoms with Gasteiger partial charge in [0.2, 0.25) is 11.7 Å². The average molecular weight is 422 g/mol. The molecule has 3 aromatic rings. The summed E-state index contributed by atoms with van der Waals surface area (Å²) in [5.41, 5.74) is 9.71. The Hall–Kier alpha value is -2.63. The van der Waals surface area contributed by atoms with Crippen LogP contribution in [-0.2, 0) is 21.5 Å². The van der Waals surface area contributed by atoms with E-state index in [1.54, 1.807) is 6.07 Å². The number of carbonyl (C=O) groups excluding carboxylic acids is 1. The first kappa shape index (κ1) is 19.3. The molecular formula is C24H24ClN3O2. The molecule has 2 heterocycles. The van der Waals surface area contributed by atoms with Crippen molar-refractivity contribution in [1.29, 1.82) is 0 Å². The number of nitrogens with one attached hydrogen (secondary N) is 1. The van der Waals surface area contributed by atoms with Gasteiger partial charge in [0.25, 0.3) is 0 Å². The number of rotatable bonds is 4. The Kier molecular flexibility index (Phi) is 4.68. The molecule has 1 aliphatic heterocycles. The lowest BCUT2D eigenvalue weighted by Crippen LogP contribution is -2.54. The maximum atomic E-state index is 13.2. The standard InChI is InChI=1S/C24H24ClN3O2/c1-14-8-9-20-16(11-14)15(13-27-20)12-19(26)23-28-24(17-5-2-3-6-18(17)25)10-4-7-21(30-23)22(24)29/h2-3,5-6,8-9,11,13,19,21,27H,4,7,10,12,26H2,1H3. The third kappa shape index (κ3) is 3.04. The number of aliphatic imine (C=N–C) groups is 1. The zero-order chi connectivity index (χ0) is 20.9. The highest BCUT2D eigenvalue weighted by molar-refractivity contribution is 6.32. The largest absolute Gasteiger partial charge is 0.468 e. The minimum atomic E-state index is -0.997. The molecule has 5 nitrogen and oxygen atoms in total. The Morgan fingerprint density at radius 3 is 3.00 bits per heavy atom. The number of ether oxygens (including phenoxy) is 1. The van der Waals surface area contributed by atoms with Crippen molar-refractivity contribution >= 4 is 34.2 Å². The van der Waals surface area contributed by atoms with E-state index in [4.69, 9.17) is 27.1 Å². The number of fused-ring (bicyclic) bond motifs is 3. The van der Waals surface area contributed by atoms with E-state index < -0.39 is 17.7 Å². The smallest absolute Gasteiger partial charge is 0.205 e. The lowest BCUT2D eigenvalue weighted by atomic mass is 9.73. The molecule has 2 aliphatic rings. The van der Waals surface area contributed by atoms with Crippen LogP contribution in [0.4, 0.5) is 0 Å². The molecule has 3 unspecified atom stereocenters. The monoisotopic (exact) mass is 421 g/mol. The van der Waals surface area contributed by atoms with Gasteiger partial charge in [0, 0.05) is 27.7 Å². The molecule has 30 heavy (non-hydrogen) atoms. The molecule has 6 heteroatoms. The Morgan fingerprint density at radius 2 is 2.17 bits per heavy atom. The SMILES string of the molecule is Cc1ccc2[nH]cc(CC(N)C3=NC4(c5ccccc5Cl)CCCC(O3)C4=O)c2c1. The van der Waals surface area contributed by atoms with Crippen LogP contribution in [-0.4, -0.2) is 28.8 Å². The van der Waals surface area contributed by atoms with Crippen LogP contribution in [0.25, 0.3) is 10.9 Å². The zero-order valence-electron chi connectivity index (χ0n) is 16.8. The Balaban J connectivity index is 1.53. The van der Waals surface area contributed by atoms with Crippen molar-refractivity contribution in [3.05, 3.63) is 70.4 Å². The summed E-state index contributed by atoms with van der Waals surface area (Å²) < 4.78 is 6.02. The lowest BCUT2D eigenvalue weighted by Gasteiger charge is -2.42. The fourth-order valence-electron chi connectivity index (χ4n) is 4.73. The number of benzene rings is 2. The molecule has 0 spiro atoms. The molecule has 0 radical (unpaired) electrons. The third-order valence-corrected chi connectivity index (χ3v) is 6.60. The van der Waals surface area contributed by atoms with E-state index in [9.17, 15) is 4.79 Å². The van der Waals surface area contributed by atoms with E-state index in [1.165, 1.54) is 5.56 Å². The molecule has 2 bridgehead atoms. The van der Waals surface area contributed by atoms with E-state index in [0.29, 0.717) is 30.2 Å². The number of halogens is 1. The topological polar surface area (TPSA) is 80.5 Å². The molecular weight excluding hydrogens is 398 g/mol. The molecule has 1 aliphatic carbocycles. The van der Waals surface area contributed by atoms with Crippen molar-refractivity contribution in [2.45, 2.75) is 50.3 Å². The van der Waals surface area contributed by atoms with Crippen molar-refractivity contribution in [2.24, 2.45) is 10.7 Å². The molecule has 0 amide bonds. The number of Topliss-reactive ketones (excluding diaryl/α,β-unsaturated/α-hetero) is 1. The highest BCUT2D eigenvalue weighted by Gasteiger charge is 2.52. The summed E-state index contributed by atoms with van der Waals surface area (Å²) in [4.78, 5) is 21.4. The second kappa shape index (κ2) is 7.25. The minimum absolute atomic E-state index is 0.0134. The van der Waals surface area contributed by atoms with Crippen LogP contribution in [0.1, 0.15) is 36.0 Å². The molecule has 1 aromatic heterocycles. The first-order valence-electron chi connectivity index (χ1n) is 10.4. The van der Waals surface area contributed by atoms with Crippen molar-refractivity contribution in [1.82, 2.24) is 4.98 Å². The zero-order valence-corrected chi connectivity index (χ0v) is 17.6. The van der Waals surface area contributed by atoms with E-state index in [0.717, 1.165) is 28.5 Å². The summed E-state index contributed by atoms with van der Waals surface area (Å²) in [6.07, 6.45) is 4.21. The van der Waals surface area contributed by atoms with Gasteiger partial charge >= 0.3 is 0 Å². The molecule has 0 saturated heterocycles. The van der Waals surface area contributed by atoms with E-state index >= 15 is 0 Å². The number of H-pyrrole nitrogens is 1. The van der Waals surface area contributed by atoms with Gasteiger partial charge in [0.1, 0.15) is 0 Å². The van der Waals surface area contributed by atoms with Gasteiger partial charge < -0.3 is 15.5 Å². The van der Waals surface area contributed by atoms with Crippen molar-refractivity contribution < 1.29 is 9.53 Å². The number of carbonyl (C=O) groups is 1. The summed E-state index contributed by atoms with van der Waals surface area (Å²) in [7, 11) is 0. The highest BCUT2D eigenvalue weighted by Crippen LogP contribution is 2.44. The van der Waals surface area contributed by atoms with Gasteiger partial charge in [-0.1, -0.05) is 41.4 Å². The maximum Gasteiger partial charge on any atom is 0.205 e.